The Kier molecular flexibility index (Phi) is 3.69. The van der Waals surface area contributed by atoms with E-state index in [1.54, 1.807) is 11.3 Å². The molecule has 2 aliphatic carbocycles. The van der Waals surface area contributed by atoms with E-state index >= 15 is 0 Å². The topological polar surface area (TPSA) is 54.5 Å². The van der Waals surface area contributed by atoms with E-state index in [-0.39, 0.29) is 0 Å². The van der Waals surface area contributed by atoms with Gasteiger partial charge in [-0.2, -0.15) is 5.21 Å². The lowest BCUT2D eigenvalue weighted by molar-refractivity contribution is 0.881. The van der Waals surface area contributed by atoms with Gasteiger partial charge in [0, 0.05) is 10.4 Å². The van der Waals surface area contributed by atoms with Crippen LogP contribution in [0.3, 0.4) is 0 Å². The van der Waals surface area contributed by atoms with Gasteiger partial charge in [-0.25, -0.2) is 0 Å². The number of H-pyrrole nitrogens is 1. The average Bonchev–Trinajstić information content (AvgIpc) is 3.66. The molecule has 1 N–H and O–H groups in total. The zero-order chi connectivity index (χ0) is 18.5. The third-order valence-electron chi connectivity index (χ3n) is 5.79. The average molecular weight is 385 g/mol. The summed E-state index contributed by atoms with van der Waals surface area (Å²) in [6.07, 6.45) is 5.20. The van der Waals surface area contributed by atoms with Crippen LogP contribution in [0.25, 0.3) is 32.3 Å². The maximum absolute atomic E-state index is 4.23. The Bertz CT molecular complexity index is 1060. The zero-order valence-electron chi connectivity index (χ0n) is 15.4. The summed E-state index contributed by atoms with van der Waals surface area (Å²) in [4.78, 5) is 2.39. The molecule has 5 heteroatoms. The van der Waals surface area contributed by atoms with Crippen molar-refractivity contribution in [2.45, 2.75) is 37.5 Å². The minimum absolute atomic E-state index is 0.672. The van der Waals surface area contributed by atoms with Crippen LogP contribution < -0.4 is 0 Å². The van der Waals surface area contributed by atoms with Gasteiger partial charge in [0.15, 0.2) is 0 Å². The highest BCUT2D eigenvalue weighted by molar-refractivity contribution is 7.19. The number of hydrogen-bond acceptors (Lipinski definition) is 4. The molecular formula is C23H20N4S. The van der Waals surface area contributed by atoms with E-state index < -0.39 is 0 Å². The fourth-order valence-corrected chi connectivity index (χ4v) is 5.26. The van der Waals surface area contributed by atoms with Crippen LogP contribution in [0.1, 0.15) is 48.6 Å². The second-order valence-electron chi connectivity index (χ2n) is 7.81. The molecule has 0 unspecified atom stereocenters. The van der Waals surface area contributed by atoms with Crippen molar-refractivity contribution < 1.29 is 0 Å². The molecule has 0 radical (unpaired) electrons. The third-order valence-corrected chi connectivity index (χ3v) is 6.95. The Morgan fingerprint density at radius 1 is 0.786 bits per heavy atom. The Morgan fingerprint density at radius 2 is 1.43 bits per heavy atom. The van der Waals surface area contributed by atoms with Crippen LogP contribution in [-0.4, -0.2) is 20.6 Å². The number of nitrogens with zero attached hydrogens (tertiary/aromatic N) is 3. The monoisotopic (exact) mass is 384 g/mol. The number of nitrogens with one attached hydrogen (secondary N) is 1. The highest BCUT2D eigenvalue weighted by Crippen LogP contribution is 2.52. The van der Waals surface area contributed by atoms with E-state index in [4.69, 9.17) is 0 Å². The molecule has 2 saturated carbocycles. The molecule has 138 valence electrons. The van der Waals surface area contributed by atoms with Crippen LogP contribution in [0.4, 0.5) is 0 Å². The van der Waals surface area contributed by atoms with Crippen LogP contribution in [0.15, 0.2) is 54.6 Å². The van der Waals surface area contributed by atoms with Gasteiger partial charge in [-0.3, -0.25) is 0 Å². The molecule has 0 spiro atoms. The molecule has 0 bridgehead atoms. The number of tetrazole rings is 1. The second kappa shape index (κ2) is 6.38. The number of hydrogen-bond donors (Lipinski definition) is 1. The van der Waals surface area contributed by atoms with E-state index in [9.17, 15) is 0 Å². The van der Waals surface area contributed by atoms with Gasteiger partial charge in [0.2, 0.25) is 5.82 Å². The van der Waals surface area contributed by atoms with Gasteiger partial charge in [-0.15, -0.1) is 21.5 Å². The van der Waals surface area contributed by atoms with Crippen LogP contribution >= 0.6 is 11.3 Å². The van der Waals surface area contributed by atoms with Gasteiger partial charge in [0.25, 0.3) is 0 Å². The molecule has 6 rings (SSSR count). The maximum Gasteiger partial charge on any atom is 0.214 e. The highest BCUT2D eigenvalue weighted by atomic mass is 32.1. The van der Waals surface area contributed by atoms with Crippen LogP contribution in [0, 0.1) is 0 Å². The fraction of sp³-hybridized carbons (Fsp3) is 0.261. The molecule has 2 aromatic carbocycles. The van der Waals surface area contributed by atoms with Crippen molar-refractivity contribution >= 4 is 11.3 Å². The summed E-state index contributed by atoms with van der Waals surface area (Å²) >= 11 is 1.78. The molecule has 0 atom stereocenters. The predicted molar refractivity (Wildman–Crippen MR) is 112 cm³/mol. The number of benzene rings is 2. The van der Waals surface area contributed by atoms with Gasteiger partial charge in [0.1, 0.15) is 0 Å². The first-order valence-electron chi connectivity index (χ1n) is 9.95. The molecule has 28 heavy (non-hydrogen) atoms. The minimum atomic E-state index is 0.672. The molecule has 2 aromatic heterocycles. The Hall–Kier alpha value is -2.79. The lowest BCUT2D eigenvalue weighted by atomic mass is 9.93. The summed E-state index contributed by atoms with van der Waals surface area (Å²) in [5.74, 6) is 2.08. The second-order valence-corrected chi connectivity index (χ2v) is 8.86. The Balaban J connectivity index is 1.59. The van der Waals surface area contributed by atoms with Crippen molar-refractivity contribution in [1.82, 2.24) is 20.6 Å². The first-order chi connectivity index (χ1) is 13.9. The highest BCUT2D eigenvalue weighted by Gasteiger charge is 2.30. The van der Waals surface area contributed by atoms with Crippen molar-refractivity contribution in [1.29, 1.82) is 0 Å². The summed E-state index contributed by atoms with van der Waals surface area (Å²) in [6, 6.07) is 20.1. The predicted octanol–water partition coefficient (Wildman–Crippen LogP) is 6.02. The van der Waals surface area contributed by atoms with Crippen molar-refractivity contribution in [2.75, 3.05) is 0 Å². The SMILES string of the molecule is c1ccc(C2CC2)c(-c2cc(-c3nn[nH]n3)sc2-c2ccccc2C2CC2)c1. The first kappa shape index (κ1) is 16.2. The lowest BCUT2D eigenvalue weighted by Crippen LogP contribution is -1.90. The fourth-order valence-electron chi connectivity index (χ4n) is 4.11. The molecule has 0 saturated heterocycles. The molecule has 2 heterocycles. The van der Waals surface area contributed by atoms with Gasteiger partial charge in [-0.1, -0.05) is 48.5 Å². The standard InChI is InChI=1S/C23H20N4S/c1-3-7-18(16(5-1)14-9-10-14)20-13-21(23-24-26-27-25-23)28-22(20)19-8-4-2-6-17(19)15-11-12-15/h1-8,13-15H,9-12H2,(H,24,25,26,27). The smallest absolute Gasteiger partial charge is 0.177 e. The number of aromatic nitrogens is 4. The molecular weight excluding hydrogens is 364 g/mol. The van der Waals surface area contributed by atoms with Gasteiger partial charge < -0.3 is 0 Å². The normalized spacial score (nSPS) is 16.4. The van der Waals surface area contributed by atoms with Gasteiger partial charge in [-0.05, 0) is 71.1 Å². The van der Waals surface area contributed by atoms with Crippen molar-refractivity contribution in [3.05, 3.63) is 65.7 Å². The van der Waals surface area contributed by atoms with E-state index in [1.807, 2.05) is 0 Å². The first-order valence-corrected chi connectivity index (χ1v) is 10.8. The summed E-state index contributed by atoms with van der Waals surface area (Å²) in [7, 11) is 0. The van der Waals surface area contributed by atoms with Crippen molar-refractivity contribution in [3.8, 4) is 32.3 Å². The maximum atomic E-state index is 4.23. The summed E-state index contributed by atoms with van der Waals surface area (Å²) in [5.41, 5.74) is 6.99. The van der Waals surface area contributed by atoms with Gasteiger partial charge >= 0.3 is 0 Å². The van der Waals surface area contributed by atoms with Crippen LogP contribution in [-0.2, 0) is 0 Å². The van der Waals surface area contributed by atoms with Crippen molar-refractivity contribution in [3.63, 3.8) is 0 Å². The van der Waals surface area contributed by atoms with Gasteiger partial charge in [0.05, 0.1) is 4.88 Å². The zero-order valence-corrected chi connectivity index (χ0v) is 16.2. The Morgan fingerprint density at radius 3 is 2.07 bits per heavy atom. The molecule has 2 fully saturated rings. The molecule has 4 aromatic rings. The molecule has 0 amide bonds. The lowest BCUT2D eigenvalue weighted by Gasteiger charge is -2.12. The van der Waals surface area contributed by atoms with E-state index in [0.29, 0.717) is 17.7 Å². The number of aromatic amines is 1. The molecule has 2 aliphatic rings. The minimum Gasteiger partial charge on any atom is -0.177 e. The van der Waals surface area contributed by atoms with E-state index in [0.717, 1.165) is 4.88 Å². The summed E-state index contributed by atoms with van der Waals surface area (Å²) in [5, 5.41) is 14.8. The Labute approximate surface area is 167 Å². The third kappa shape index (κ3) is 2.78. The molecule has 4 nitrogen and oxygen atoms in total. The number of rotatable bonds is 5. The summed E-state index contributed by atoms with van der Waals surface area (Å²) < 4.78 is 0. The van der Waals surface area contributed by atoms with Crippen molar-refractivity contribution in [2.24, 2.45) is 0 Å². The quantitative estimate of drug-likeness (QED) is 0.458. The van der Waals surface area contributed by atoms with Crippen LogP contribution in [0.5, 0.6) is 0 Å². The largest absolute Gasteiger partial charge is 0.214 e. The number of thiophene rings is 1. The van der Waals surface area contributed by atoms with Crippen LogP contribution in [0.2, 0.25) is 0 Å². The van der Waals surface area contributed by atoms with E-state index in [1.165, 1.54) is 58.4 Å². The summed E-state index contributed by atoms with van der Waals surface area (Å²) in [6.45, 7) is 0. The molecule has 0 aliphatic heterocycles. The van der Waals surface area contributed by atoms with E-state index in [2.05, 4.69) is 75.2 Å².